The summed E-state index contributed by atoms with van der Waals surface area (Å²) in [4.78, 5) is 36.7. The van der Waals surface area contributed by atoms with Crippen LogP contribution in [0.15, 0.2) is 12.1 Å². The average molecular weight is 306 g/mol. The standard InChI is InChI=1S/C15H18N2O5/c1-8(18)10-5-12(21-2)13(22-3)6-11(10)17-7-9(15(16)20)4-14(17)19/h5-6,9H,4,7H2,1-3H3,(H2,16,20). The van der Waals surface area contributed by atoms with Gasteiger partial charge in [-0.05, 0) is 13.0 Å². The molecule has 1 atom stereocenters. The van der Waals surface area contributed by atoms with Crippen molar-refractivity contribution in [3.05, 3.63) is 17.7 Å². The van der Waals surface area contributed by atoms with E-state index in [1.807, 2.05) is 0 Å². The molecular weight excluding hydrogens is 288 g/mol. The molecule has 2 amide bonds. The van der Waals surface area contributed by atoms with Gasteiger partial charge in [0.05, 0.1) is 25.8 Å². The van der Waals surface area contributed by atoms with Gasteiger partial charge in [-0.3, -0.25) is 14.4 Å². The number of amides is 2. The SMILES string of the molecule is COc1cc(C(C)=O)c(N2CC(C(N)=O)CC2=O)cc1OC. The van der Waals surface area contributed by atoms with Gasteiger partial charge in [0.15, 0.2) is 17.3 Å². The molecule has 1 saturated heterocycles. The number of nitrogens with two attached hydrogens (primary N) is 1. The van der Waals surface area contributed by atoms with Crippen LogP contribution in [0.4, 0.5) is 5.69 Å². The normalized spacial score (nSPS) is 17.5. The Balaban J connectivity index is 2.51. The Kier molecular flexibility index (Phi) is 4.35. The van der Waals surface area contributed by atoms with E-state index in [0.717, 1.165) is 0 Å². The highest BCUT2D eigenvalue weighted by Gasteiger charge is 2.35. The van der Waals surface area contributed by atoms with Gasteiger partial charge in [-0.25, -0.2) is 0 Å². The van der Waals surface area contributed by atoms with Gasteiger partial charge in [0.1, 0.15) is 0 Å². The lowest BCUT2D eigenvalue weighted by Gasteiger charge is -2.21. The summed E-state index contributed by atoms with van der Waals surface area (Å²) in [6.45, 7) is 1.56. The maximum Gasteiger partial charge on any atom is 0.227 e. The number of ketones is 1. The van der Waals surface area contributed by atoms with Crippen molar-refractivity contribution in [1.29, 1.82) is 0 Å². The number of hydrogen-bond acceptors (Lipinski definition) is 5. The first-order valence-electron chi connectivity index (χ1n) is 6.75. The van der Waals surface area contributed by atoms with E-state index < -0.39 is 11.8 Å². The Morgan fingerprint density at radius 1 is 1.23 bits per heavy atom. The molecule has 1 aliphatic heterocycles. The predicted molar refractivity (Wildman–Crippen MR) is 79.2 cm³/mol. The lowest BCUT2D eigenvalue weighted by molar-refractivity contribution is -0.123. The van der Waals surface area contributed by atoms with Crippen LogP contribution in [-0.4, -0.2) is 38.4 Å². The number of methoxy groups -OCH3 is 2. The summed E-state index contributed by atoms with van der Waals surface area (Å²) in [5.41, 5.74) is 6.00. The van der Waals surface area contributed by atoms with Crippen molar-refractivity contribution in [2.24, 2.45) is 11.7 Å². The zero-order valence-corrected chi connectivity index (χ0v) is 12.7. The molecule has 0 saturated carbocycles. The van der Waals surface area contributed by atoms with E-state index in [1.54, 1.807) is 6.07 Å². The number of primary amides is 1. The van der Waals surface area contributed by atoms with Crippen LogP contribution in [0.5, 0.6) is 11.5 Å². The fraction of sp³-hybridized carbons (Fsp3) is 0.400. The van der Waals surface area contributed by atoms with Crippen molar-refractivity contribution >= 4 is 23.3 Å². The molecule has 1 aliphatic rings. The fourth-order valence-electron chi connectivity index (χ4n) is 2.50. The van der Waals surface area contributed by atoms with Gasteiger partial charge in [0, 0.05) is 24.6 Å². The Hall–Kier alpha value is -2.57. The highest BCUT2D eigenvalue weighted by molar-refractivity contribution is 6.07. The molecule has 0 bridgehead atoms. The maximum absolute atomic E-state index is 12.2. The number of anilines is 1. The van der Waals surface area contributed by atoms with Crippen molar-refractivity contribution in [1.82, 2.24) is 0 Å². The highest BCUT2D eigenvalue weighted by Crippen LogP contribution is 2.37. The van der Waals surface area contributed by atoms with E-state index in [4.69, 9.17) is 15.2 Å². The second-order valence-corrected chi connectivity index (χ2v) is 5.09. The van der Waals surface area contributed by atoms with Crippen molar-refractivity contribution in [2.45, 2.75) is 13.3 Å². The molecule has 0 radical (unpaired) electrons. The first kappa shape index (κ1) is 15.8. The number of benzene rings is 1. The first-order valence-corrected chi connectivity index (χ1v) is 6.75. The van der Waals surface area contributed by atoms with Crippen LogP contribution in [0.1, 0.15) is 23.7 Å². The summed E-state index contributed by atoms with van der Waals surface area (Å²) in [7, 11) is 2.93. The molecule has 7 heteroatoms. The van der Waals surface area contributed by atoms with E-state index in [9.17, 15) is 14.4 Å². The topological polar surface area (TPSA) is 98.9 Å². The smallest absolute Gasteiger partial charge is 0.227 e. The lowest BCUT2D eigenvalue weighted by atomic mass is 10.1. The second-order valence-electron chi connectivity index (χ2n) is 5.09. The predicted octanol–water partition coefficient (Wildman–Crippen LogP) is 0.745. The fourth-order valence-corrected chi connectivity index (χ4v) is 2.50. The third-order valence-electron chi connectivity index (χ3n) is 3.70. The van der Waals surface area contributed by atoms with E-state index in [1.165, 1.54) is 32.1 Å². The second kappa shape index (κ2) is 6.05. The van der Waals surface area contributed by atoms with Gasteiger partial charge < -0.3 is 20.1 Å². The van der Waals surface area contributed by atoms with Crippen molar-refractivity contribution < 1.29 is 23.9 Å². The van der Waals surface area contributed by atoms with E-state index in [-0.39, 0.29) is 24.7 Å². The van der Waals surface area contributed by atoms with Crippen LogP contribution >= 0.6 is 0 Å². The third-order valence-corrected chi connectivity index (χ3v) is 3.70. The minimum absolute atomic E-state index is 0.0427. The Morgan fingerprint density at radius 3 is 2.27 bits per heavy atom. The number of rotatable bonds is 5. The third kappa shape index (κ3) is 2.74. The van der Waals surface area contributed by atoms with Gasteiger partial charge in [-0.15, -0.1) is 0 Å². The molecule has 1 aromatic carbocycles. The lowest BCUT2D eigenvalue weighted by Crippen LogP contribution is -2.29. The number of Topliss-reactive ketones (excluding diaryl/α,β-unsaturated/α-hetero) is 1. The minimum atomic E-state index is -0.555. The Morgan fingerprint density at radius 2 is 1.82 bits per heavy atom. The van der Waals surface area contributed by atoms with Gasteiger partial charge in [0.2, 0.25) is 11.8 Å². The first-order chi connectivity index (χ1) is 10.4. The van der Waals surface area contributed by atoms with E-state index in [0.29, 0.717) is 22.7 Å². The largest absolute Gasteiger partial charge is 0.493 e. The molecule has 2 rings (SSSR count). The van der Waals surface area contributed by atoms with Gasteiger partial charge in [-0.1, -0.05) is 0 Å². The number of carbonyl (C=O) groups is 3. The zero-order chi connectivity index (χ0) is 16.4. The van der Waals surface area contributed by atoms with Gasteiger partial charge >= 0.3 is 0 Å². The summed E-state index contributed by atoms with van der Waals surface area (Å²) in [5, 5.41) is 0. The number of carbonyl (C=O) groups excluding carboxylic acids is 3. The van der Waals surface area contributed by atoms with Crippen LogP contribution in [0, 0.1) is 5.92 Å². The number of nitrogens with zero attached hydrogens (tertiary/aromatic N) is 1. The molecule has 22 heavy (non-hydrogen) atoms. The summed E-state index contributed by atoms with van der Waals surface area (Å²) < 4.78 is 10.4. The van der Waals surface area contributed by atoms with Crippen molar-refractivity contribution in [3.63, 3.8) is 0 Å². The molecule has 2 N–H and O–H groups in total. The molecular formula is C15H18N2O5. The van der Waals surface area contributed by atoms with Crippen LogP contribution in [-0.2, 0) is 9.59 Å². The average Bonchev–Trinajstić information content (AvgIpc) is 2.87. The van der Waals surface area contributed by atoms with Crippen LogP contribution in [0.2, 0.25) is 0 Å². The Labute approximate surface area is 128 Å². The molecule has 1 heterocycles. The quantitative estimate of drug-likeness (QED) is 0.809. The van der Waals surface area contributed by atoms with Gasteiger partial charge in [0.25, 0.3) is 0 Å². The highest BCUT2D eigenvalue weighted by atomic mass is 16.5. The molecule has 7 nitrogen and oxygen atoms in total. The minimum Gasteiger partial charge on any atom is -0.493 e. The number of ether oxygens (including phenoxy) is 2. The van der Waals surface area contributed by atoms with Crippen molar-refractivity contribution in [2.75, 3.05) is 25.7 Å². The number of hydrogen-bond donors (Lipinski definition) is 1. The molecule has 0 aliphatic carbocycles. The summed E-state index contributed by atoms with van der Waals surface area (Å²) in [6, 6.07) is 3.10. The molecule has 1 aromatic rings. The van der Waals surface area contributed by atoms with Gasteiger partial charge in [-0.2, -0.15) is 0 Å². The van der Waals surface area contributed by atoms with Crippen LogP contribution < -0.4 is 20.1 Å². The monoisotopic (exact) mass is 306 g/mol. The summed E-state index contributed by atoms with van der Waals surface area (Å²) >= 11 is 0. The summed E-state index contributed by atoms with van der Waals surface area (Å²) in [5.74, 6) is -0.752. The molecule has 1 fully saturated rings. The summed E-state index contributed by atoms with van der Waals surface area (Å²) in [6.07, 6.45) is 0.0427. The zero-order valence-electron chi connectivity index (χ0n) is 12.7. The van der Waals surface area contributed by atoms with E-state index in [2.05, 4.69) is 0 Å². The molecule has 1 unspecified atom stereocenters. The van der Waals surface area contributed by atoms with Crippen molar-refractivity contribution in [3.8, 4) is 11.5 Å². The molecule has 118 valence electrons. The molecule has 0 aromatic heterocycles. The maximum atomic E-state index is 12.2. The Bertz CT molecular complexity index is 641. The molecule has 0 spiro atoms. The van der Waals surface area contributed by atoms with Crippen LogP contribution in [0.3, 0.4) is 0 Å². The van der Waals surface area contributed by atoms with Crippen LogP contribution in [0.25, 0.3) is 0 Å². The van der Waals surface area contributed by atoms with E-state index >= 15 is 0 Å².